The van der Waals surface area contributed by atoms with Crippen LogP contribution in [-0.2, 0) is 19.0 Å². The molecule has 1 N–H and O–H groups in total. The second kappa shape index (κ2) is 6.91. The first-order valence-corrected chi connectivity index (χ1v) is 8.85. The highest BCUT2D eigenvalue weighted by Gasteiger charge is 2.57. The number of rotatable bonds is 5. The predicted octanol–water partition coefficient (Wildman–Crippen LogP) is 2.06. The predicted molar refractivity (Wildman–Crippen MR) is 87.1 cm³/mol. The molecule has 0 aromatic rings. The molecule has 4 atom stereocenters. The SMILES string of the molecule is C=C(C)[C@H]1OCC[C@H]1C(=O)NC1CC(OCC)C12CCOCC2. The molecule has 1 saturated carbocycles. The minimum absolute atomic E-state index is 0.0576. The Balaban J connectivity index is 1.65. The van der Waals surface area contributed by atoms with Gasteiger partial charge in [-0.15, -0.1) is 0 Å². The highest BCUT2D eigenvalue weighted by Crippen LogP contribution is 2.50. The lowest BCUT2D eigenvalue weighted by Gasteiger charge is -2.57. The van der Waals surface area contributed by atoms with E-state index in [0.717, 1.165) is 51.1 Å². The van der Waals surface area contributed by atoms with Gasteiger partial charge in [0, 0.05) is 37.9 Å². The molecule has 23 heavy (non-hydrogen) atoms. The van der Waals surface area contributed by atoms with Crippen LogP contribution in [-0.4, -0.2) is 50.6 Å². The number of hydrogen-bond acceptors (Lipinski definition) is 4. The monoisotopic (exact) mass is 323 g/mol. The molecule has 5 heteroatoms. The fraction of sp³-hybridized carbons (Fsp3) is 0.833. The van der Waals surface area contributed by atoms with Crippen LogP contribution >= 0.6 is 0 Å². The van der Waals surface area contributed by atoms with Crippen LogP contribution in [0.15, 0.2) is 12.2 Å². The maximum atomic E-state index is 12.7. The summed E-state index contributed by atoms with van der Waals surface area (Å²) >= 11 is 0. The Labute approximate surface area is 138 Å². The first-order chi connectivity index (χ1) is 11.1. The number of hydrogen-bond donors (Lipinski definition) is 1. The van der Waals surface area contributed by atoms with Crippen LogP contribution in [0.2, 0.25) is 0 Å². The Morgan fingerprint density at radius 3 is 2.74 bits per heavy atom. The third-order valence-electron chi connectivity index (χ3n) is 5.81. The van der Waals surface area contributed by atoms with Gasteiger partial charge < -0.3 is 19.5 Å². The van der Waals surface area contributed by atoms with Crippen molar-refractivity contribution < 1.29 is 19.0 Å². The molecular weight excluding hydrogens is 294 g/mol. The summed E-state index contributed by atoms with van der Waals surface area (Å²) in [5.41, 5.74) is 0.992. The van der Waals surface area contributed by atoms with E-state index < -0.39 is 0 Å². The quantitative estimate of drug-likeness (QED) is 0.787. The summed E-state index contributed by atoms with van der Waals surface area (Å²) in [7, 11) is 0. The van der Waals surface area contributed by atoms with Crippen molar-refractivity contribution in [2.45, 2.75) is 57.8 Å². The van der Waals surface area contributed by atoms with Gasteiger partial charge in [0.2, 0.25) is 5.91 Å². The molecule has 3 rings (SSSR count). The zero-order valence-electron chi connectivity index (χ0n) is 14.3. The molecule has 5 nitrogen and oxygen atoms in total. The van der Waals surface area contributed by atoms with E-state index in [1.807, 2.05) is 13.8 Å². The van der Waals surface area contributed by atoms with Gasteiger partial charge in [-0.2, -0.15) is 0 Å². The smallest absolute Gasteiger partial charge is 0.226 e. The topological polar surface area (TPSA) is 56.8 Å². The van der Waals surface area contributed by atoms with Crippen LogP contribution in [0.25, 0.3) is 0 Å². The molecule has 130 valence electrons. The highest BCUT2D eigenvalue weighted by molar-refractivity contribution is 5.80. The molecule has 3 fully saturated rings. The van der Waals surface area contributed by atoms with E-state index >= 15 is 0 Å². The van der Waals surface area contributed by atoms with Crippen molar-refractivity contribution >= 4 is 5.91 Å². The van der Waals surface area contributed by atoms with Crippen molar-refractivity contribution in [1.82, 2.24) is 5.32 Å². The van der Waals surface area contributed by atoms with Gasteiger partial charge in [-0.3, -0.25) is 4.79 Å². The molecule has 2 saturated heterocycles. The van der Waals surface area contributed by atoms with Crippen LogP contribution in [0.1, 0.15) is 39.5 Å². The minimum atomic E-state index is -0.136. The summed E-state index contributed by atoms with van der Waals surface area (Å²) in [5.74, 6) is 0.0110. The molecule has 3 aliphatic rings. The Morgan fingerprint density at radius 1 is 1.35 bits per heavy atom. The van der Waals surface area contributed by atoms with Crippen molar-refractivity contribution in [3.05, 3.63) is 12.2 Å². The van der Waals surface area contributed by atoms with Crippen LogP contribution in [0, 0.1) is 11.3 Å². The van der Waals surface area contributed by atoms with Crippen LogP contribution in [0.4, 0.5) is 0 Å². The lowest BCUT2D eigenvalue weighted by atomic mass is 9.57. The second-order valence-electron chi connectivity index (χ2n) is 7.12. The van der Waals surface area contributed by atoms with Crippen LogP contribution in [0.5, 0.6) is 0 Å². The first-order valence-electron chi connectivity index (χ1n) is 8.85. The van der Waals surface area contributed by atoms with Gasteiger partial charge in [0.25, 0.3) is 0 Å². The van der Waals surface area contributed by atoms with E-state index in [1.54, 1.807) is 0 Å². The van der Waals surface area contributed by atoms with Crippen molar-refractivity contribution in [1.29, 1.82) is 0 Å². The molecule has 1 amide bonds. The fourth-order valence-electron chi connectivity index (χ4n) is 4.43. The Bertz CT molecular complexity index is 458. The van der Waals surface area contributed by atoms with Crippen LogP contribution < -0.4 is 5.32 Å². The third-order valence-corrected chi connectivity index (χ3v) is 5.81. The van der Waals surface area contributed by atoms with E-state index in [9.17, 15) is 4.79 Å². The van der Waals surface area contributed by atoms with Gasteiger partial charge in [0.15, 0.2) is 0 Å². The van der Waals surface area contributed by atoms with Crippen molar-refractivity contribution in [3.63, 3.8) is 0 Å². The maximum Gasteiger partial charge on any atom is 0.226 e. The Hall–Kier alpha value is -0.910. The van der Waals surface area contributed by atoms with Crippen molar-refractivity contribution in [2.24, 2.45) is 11.3 Å². The molecule has 1 aliphatic carbocycles. The fourth-order valence-corrected chi connectivity index (χ4v) is 4.43. The Kier molecular flexibility index (Phi) is 5.09. The van der Waals surface area contributed by atoms with E-state index in [4.69, 9.17) is 14.2 Å². The summed E-state index contributed by atoms with van der Waals surface area (Å²) in [6.07, 6.45) is 3.73. The van der Waals surface area contributed by atoms with Crippen LogP contribution in [0.3, 0.4) is 0 Å². The number of amides is 1. The first kappa shape index (κ1) is 16.9. The zero-order chi connectivity index (χ0) is 16.4. The average Bonchev–Trinajstić information content (AvgIpc) is 3.04. The second-order valence-corrected chi connectivity index (χ2v) is 7.12. The van der Waals surface area contributed by atoms with Gasteiger partial charge >= 0.3 is 0 Å². The molecule has 0 radical (unpaired) electrons. The molecule has 2 aliphatic heterocycles. The number of carbonyl (C=O) groups is 1. The largest absolute Gasteiger partial charge is 0.381 e. The molecule has 2 heterocycles. The average molecular weight is 323 g/mol. The minimum Gasteiger partial charge on any atom is -0.381 e. The molecule has 0 aromatic heterocycles. The highest BCUT2D eigenvalue weighted by atomic mass is 16.5. The third kappa shape index (κ3) is 3.06. The van der Waals surface area contributed by atoms with E-state index in [-0.39, 0.29) is 35.5 Å². The lowest BCUT2D eigenvalue weighted by molar-refractivity contribution is -0.176. The van der Waals surface area contributed by atoms with Gasteiger partial charge in [-0.1, -0.05) is 12.2 Å². The van der Waals surface area contributed by atoms with Gasteiger partial charge in [0.1, 0.15) is 0 Å². The normalized spacial score (nSPS) is 35.7. The zero-order valence-corrected chi connectivity index (χ0v) is 14.3. The van der Waals surface area contributed by atoms with Gasteiger partial charge in [0.05, 0.1) is 18.1 Å². The number of carbonyl (C=O) groups excluding carboxylic acids is 1. The standard InChI is InChI=1S/C18H29NO4/c1-4-22-15-11-14(18(15)6-9-21-10-7-18)19-17(20)13-5-8-23-16(13)12(2)3/h13-16H,2,4-11H2,1,3H3,(H,19,20)/t13-,14?,15?,16-/m1/s1. The number of ether oxygens (including phenoxy) is 3. The van der Waals surface area contributed by atoms with E-state index in [2.05, 4.69) is 11.9 Å². The Morgan fingerprint density at radius 2 is 2.09 bits per heavy atom. The van der Waals surface area contributed by atoms with E-state index in [1.165, 1.54) is 0 Å². The summed E-state index contributed by atoms with van der Waals surface area (Å²) in [4.78, 5) is 12.7. The summed E-state index contributed by atoms with van der Waals surface area (Å²) in [6.45, 7) is 10.8. The molecular formula is C18H29NO4. The van der Waals surface area contributed by atoms with E-state index in [0.29, 0.717) is 6.61 Å². The summed E-state index contributed by atoms with van der Waals surface area (Å²) < 4.78 is 17.1. The molecule has 2 unspecified atom stereocenters. The molecule has 1 spiro atoms. The van der Waals surface area contributed by atoms with Crippen molar-refractivity contribution in [3.8, 4) is 0 Å². The van der Waals surface area contributed by atoms with Crippen molar-refractivity contribution in [2.75, 3.05) is 26.4 Å². The molecule has 0 bridgehead atoms. The van der Waals surface area contributed by atoms with Gasteiger partial charge in [-0.05, 0) is 39.5 Å². The number of nitrogens with one attached hydrogen (secondary N) is 1. The van der Waals surface area contributed by atoms with Gasteiger partial charge in [-0.25, -0.2) is 0 Å². The lowest BCUT2D eigenvalue weighted by Crippen LogP contribution is -2.67. The molecule has 0 aromatic carbocycles. The summed E-state index contributed by atoms with van der Waals surface area (Å²) in [5, 5.41) is 3.30. The maximum absolute atomic E-state index is 12.7. The summed E-state index contributed by atoms with van der Waals surface area (Å²) in [6, 6.07) is 0.196.